The highest BCUT2D eigenvalue weighted by Gasteiger charge is 2.10. The third-order valence-corrected chi connectivity index (χ3v) is 3.46. The Labute approximate surface area is 130 Å². The van der Waals surface area contributed by atoms with Gasteiger partial charge in [-0.1, -0.05) is 46.3 Å². The van der Waals surface area contributed by atoms with Crippen molar-refractivity contribution >= 4 is 33.5 Å². The second-order valence-corrected chi connectivity index (χ2v) is 5.43. The average molecular weight is 346 g/mol. The van der Waals surface area contributed by atoms with E-state index in [0.717, 1.165) is 4.47 Å². The number of hydrogen-bond donors (Lipinski definition) is 0. The van der Waals surface area contributed by atoms with E-state index >= 15 is 0 Å². The highest BCUT2D eigenvalue weighted by Crippen LogP contribution is 2.20. The van der Waals surface area contributed by atoms with E-state index in [9.17, 15) is 14.9 Å². The molecule has 0 fully saturated rings. The Hall–Kier alpha value is -2.27. The second kappa shape index (κ2) is 6.45. The number of ketones is 1. The molecule has 0 saturated heterocycles. The number of allylic oxidation sites excluding steroid dienone is 1. The highest BCUT2D eigenvalue weighted by atomic mass is 79.9. The van der Waals surface area contributed by atoms with Crippen LogP contribution in [0.4, 0.5) is 5.69 Å². The van der Waals surface area contributed by atoms with Crippen molar-refractivity contribution in [3.05, 3.63) is 79.8 Å². The molecule has 0 radical (unpaired) electrons. The number of nitrogens with zero attached hydrogens (tertiary/aromatic N) is 1. The van der Waals surface area contributed by atoms with Crippen molar-refractivity contribution in [2.45, 2.75) is 6.92 Å². The molecule has 2 aromatic rings. The summed E-state index contributed by atoms with van der Waals surface area (Å²) in [6.45, 7) is 1.68. The number of nitro groups is 1. The molecule has 2 aromatic carbocycles. The van der Waals surface area contributed by atoms with Gasteiger partial charge in [-0.2, -0.15) is 0 Å². The molecule has 106 valence electrons. The van der Waals surface area contributed by atoms with Crippen LogP contribution >= 0.6 is 15.9 Å². The van der Waals surface area contributed by atoms with Crippen LogP contribution in [0, 0.1) is 17.0 Å². The molecule has 0 N–H and O–H groups in total. The summed E-state index contributed by atoms with van der Waals surface area (Å²) in [4.78, 5) is 22.5. The smallest absolute Gasteiger partial charge is 0.272 e. The number of hydrogen-bond acceptors (Lipinski definition) is 3. The zero-order valence-electron chi connectivity index (χ0n) is 11.2. The average Bonchev–Trinajstić information content (AvgIpc) is 2.45. The highest BCUT2D eigenvalue weighted by molar-refractivity contribution is 9.10. The van der Waals surface area contributed by atoms with E-state index in [1.807, 2.05) is 6.07 Å². The first-order valence-corrected chi connectivity index (χ1v) is 6.99. The maximum Gasteiger partial charge on any atom is 0.272 e. The van der Waals surface area contributed by atoms with Crippen LogP contribution in [0.3, 0.4) is 0 Å². The number of benzene rings is 2. The van der Waals surface area contributed by atoms with E-state index in [2.05, 4.69) is 15.9 Å². The molecule has 0 aliphatic rings. The second-order valence-electron chi connectivity index (χ2n) is 4.51. The summed E-state index contributed by atoms with van der Waals surface area (Å²) in [5.74, 6) is -0.153. The fraction of sp³-hybridized carbons (Fsp3) is 0.0625. The summed E-state index contributed by atoms with van der Waals surface area (Å²) in [5, 5.41) is 10.9. The summed E-state index contributed by atoms with van der Waals surface area (Å²) >= 11 is 3.31. The van der Waals surface area contributed by atoms with Crippen LogP contribution in [0.5, 0.6) is 0 Å². The van der Waals surface area contributed by atoms with Gasteiger partial charge in [-0.05, 0) is 30.7 Å². The molecule has 0 amide bonds. The van der Waals surface area contributed by atoms with E-state index in [-0.39, 0.29) is 11.5 Å². The van der Waals surface area contributed by atoms with E-state index < -0.39 is 4.92 Å². The zero-order valence-corrected chi connectivity index (χ0v) is 12.8. The van der Waals surface area contributed by atoms with Crippen LogP contribution in [0.2, 0.25) is 0 Å². The van der Waals surface area contributed by atoms with E-state index in [4.69, 9.17) is 0 Å². The summed E-state index contributed by atoms with van der Waals surface area (Å²) in [6, 6.07) is 11.9. The number of halogens is 1. The molecule has 0 saturated carbocycles. The summed E-state index contributed by atoms with van der Waals surface area (Å²) < 4.78 is 0.827. The van der Waals surface area contributed by atoms with E-state index in [1.54, 1.807) is 43.3 Å². The number of carbonyl (C=O) groups is 1. The van der Waals surface area contributed by atoms with Crippen LogP contribution in [0.25, 0.3) is 6.08 Å². The first-order chi connectivity index (χ1) is 9.97. The maximum absolute atomic E-state index is 12.0. The molecule has 0 aliphatic carbocycles. The van der Waals surface area contributed by atoms with Crippen LogP contribution in [0.1, 0.15) is 21.5 Å². The van der Waals surface area contributed by atoms with Gasteiger partial charge >= 0.3 is 0 Å². The van der Waals surface area contributed by atoms with Gasteiger partial charge in [-0.15, -0.1) is 0 Å². The Morgan fingerprint density at radius 2 is 2.00 bits per heavy atom. The van der Waals surface area contributed by atoms with Gasteiger partial charge in [0.2, 0.25) is 0 Å². The van der Waals surface area contributed by atoms with Gasteiger partial charge in [0.15, 0.2) is 5.78 Å². The molecule has 0 aliphatic heterocycles. The monoisotopic (exact) mass is 345 g/mol. The Morgan fingerprint density at radius 1 is 1.24 bits per heavy atom. The number of rotatable bonds is 4. The molecule has 0 aromatic heterocycles. The first-order valence-electron chi connectivity index (χ1n) is 6.20. The zero-order chi connectivity index (χ0) is 15.4. The van der Waals surface area contributed by atoms with Crippen LogP contribution in [0.15, 0.2) is 53.0 Å². The topological polar surface area (TPSA) is 60.2 Å². The summed E-state index contributed by atoms with van der Waals surface area (Å²) in [6.07, 6.45) is 2.99. The van der Waals surface area contributed by atoms with Gasteiger partial charge in [0.25, 0.3) is 5.69 Å². The quantitative estimate of drug-likeness (QED) is 0.353. The number of nitro benzene ring substituents is 1. The largest absolute Gasteiger partial charge is 0.289 e. The molecular weight excluding hydrogens is 334 g/mol. The number of carbonyl (C=O) groups excluding carboxylic acids is 1. The molecule has 0 spiro atoms. The van der Waals surface area contributed by atoms with Crippen molar-refractivity contribution in [2.75, 3.05) is 0 Å². The standard InChI is InChI=1S/C16H12BrNO3/c1-11-5-6-12(9-15(11)18(20)21)7-8-16(19)13-3-2-4-14(17)10-13/h2-10H,1H3/b8-7+. The lowest BCUT2D eigenvalue weighted by Gasteiger charge is -1.99. The molecule has 21 heavy (non-hydrogen) atoms. The lowest BCUT2D eigenvalue weighted by Crippen LogP contribution is -1.94. The maximum atomic E-state index is 12.0. The summed E-state index contributed by atoms with van der Waals surface area (Å²) in [5.41, 5.74) is 1.82. The fourth-order valence-electron chi connectivity index (χ4n) is 1.84. The number of aryl methyl sites for hydroxylation is 1. The van der Waals surface area contributed by atoms with Gasteiger partial charge in [-0.3, -0.25) is 14.9 Å². The third-order valence-electron chi connectivity index (χ3n) is 2.97. The van der Waals surface area contributed by atoms with Crippen molar-refractivity contribution in [2.24, 2.45) is 0 Å². The van der Waals surface area contributed by atoms with Crippen molar-refractivity contribution < 1.29 is 9.72 Å². The normalized spacial score (nSPS) is 10.8. The first kappa shape index (κ1) is 15.1. The molecular formula is C16H12BrNO3. The van der Waals surface area contributed by atoms with Crippen molar-refractivity contribution in [3.8, 4) is 0 Å². The Morgan fingerprint density at radius 3 is 2.67 bits per heavy atom. The molecule has 0 heterocycles. The molecule has 5 heteroatoms. The van der Waals surface area contributed by atoms with Crippen LogP contribution in [-0.4, -0.2) is 10.7 Å². The van der Waals surface area contributed by atoms with Gasteiger partial charge in [0.05, 0.1) is 4.92 Å². The lowest BCUT2D eigenvalue weighted by atomic mass is 10.1. The van der Waals surface area contributed by atoms with Gasteiger partial charge in [0.1, 0.15) is 0 Å². The fourth-order valence-corrected chi connectivity index (χ4v) is 2.24. The molecule has 0 bridgehead atoms. The molecule has 2 rings (SSSR count). The Bertz CT molecular complexity index is 738. The molecule has 0 unspecified atom stereocenters. The predicted octanol–water partition coefficient (Wildman–Crippen LogP) is 4.56. The van der Waals surface area contributed by atoms with Crippen LogP contribution in [-0.2, 0) is 0 Å². The minimum absolute atomic E-state index is 0.0482. The minimum Gasteiger partial charge on any atom is -0.289 e. The van der Waals surface area contributed by atoms with Gasteiger partial charge in [0, 0.05) is 21.7 Å². The summed E-state index contributed by atoms with van der Waals surface area (Å²) in [7, 11) is 0. The van der Waals surface area contributed by atoms with Gasteiger partial charge in [-0.25, -0.2) is 0 Å². The Balaban J connectivity index is 2.23. The molecule has 4 nitrogen and oxygen atoms in total. The van der Waals surface area contributed by atoms with E-state index in [1.165, 1.54) is 12.1 Å². The lowest BCUT2D eigenvalue weighted by molar-refractivity contribution is -0.385. The molecule has 0 atom stereocenters. The van der Waals surface area contributed by atoms with Crippen LogP contribution < -0.4 is 0 Å². The van der Waals surface area contributed by atoms with Crippen molar-refractivity contribution in [1.82, 2.24) is 0 Å². The van der Waals surface area contributed by atoms with E-state index in [0.29, 0.717) is 16.7 Å². The minimum atomic E-state index is -0.428. The van der Waals surface area contributed by atoms with Crippen molar-refractivity contribution in [3.63, 3.8) is 0 Å². The van der Waals surface area contributed by atoms with Crippen molar-refractivity contribution in [1.29, 1.82) is 0 Å². The Kier molecular flexibility index (Phi) is 4.65. The predicted molar refractivity (Wildman–Crippen MR) is 85.3 cm³/mol. The third kappa shape index (κ3) is 3.86. The van der Waals surface area contributed by atoms with Gasteiger partial charge < -0.3 is 0 Å². The SMILES string of the molecule is Cc1ccc(/C=C/C(=O)c2cccc(Br)c2)cc1[N+](=O)[O-].